The number of para-hydroxylation sites is 1. The third kappa shape index (κ3) is 6.79. The highest BCUT2D eigenvalue weighted by atomic mass is 16.7. The van der Waals surface area contributed by atoms with Crippen LogP contribution in [0.4, 0.5) is 22.7 Å². The molecule has 0 unspecified atom stereocenters. The maximum Gasteiger partial charge on any atom is 0.322 e. The van der Waals surface area contributed by atoms with E-state index in [2.05, 4.69) is 10.5 Å². The zero-order valence-corrected chi connectivity index (χ0v) is 20.7. The van der Waals surface area contributed by atoms with Gasteiger partial charge in [-0.3, -0.25) is 40.1 Å². The summed E-state index contributed by atoms with van der Waals surface area (Å²) in [5, 5.41) is 27.8. The number of ether oxygens (including phenoxy) is 2. The van der Waals surface area contributed by atoms with E-state index in [0.29, 0.717) is 18.5 Å². The van der Waals surface area contributed by atoms with Gasteiger partial charge in [-0.2, -0.15) is 5.10 Å². The van der Waals surface area contributed by atoms with Crippen LogP contribution in [0.2, 0.25) is 0 Å². The average molecular weight is 530 g/mol. The normalized spacial score (nSPS) is 17.3. The van der Waals surface area contributed by atoms with Gasteiger partial charge in [-0.1, -0.05) is 18.2 Å². The third-order valence-electron chi connectivity index (χ3n) is 5.59. The molecule has 0 aliphatic carbocycles. The number of carbonyl (C=O) groups excluding carboxylic acids is 2. The van der Waals surface area contributed by atoms with Crippen LogP contribution in [0.5, 0.6) is 0 Å². The van der Waals surface area contributed by atoms with Crippen molar-refractivity contribution >= 4 is 40.9 Å². The van der Waals surface area contributed by atoms with Gasteiger partial charge in [-0.15, -0.1) is 0 Å². The second-order valence-corrected chi connectivity index (χ2v) is 8.04. The van der Waals surface area contributed by atoms with E-state index < -0.39 is 51.2 Å². The highest BCUT2D eigenvalue weighted by molar-refractivity contribution is 5.96. The fourth-order valence-electron chi connectivity index (χ4n) is 3.90. The zero-order chi connectivity index (χ0) is 27.7. The Labute approximate surface area is 217 Å². The molecule has 0 radical (unpaired) electrons. The molecule has 0 amide bonds. The molecule has 1 heterocycles. The van der Waals surface area contributed by atoms with Crippen molar-refractivity contribution in [3.05, 3.63) is 68.8 Å². The topological polar surface area (TPSA) is 176 Å². The molecule has 0 aromatic heterocycles. The molecule has 1 N–H and O–H groups in total. The van der Waals surface area contributed by atoms with Gasteiger partial charge in [0.1, 0.15) is 11.8 Å². The second-order valence-electron chi connectivity index (χ2n) is 8.04. The van der Waals surface area contributed by atoms with Crippen molar-refractivity contribution in [1.82, 2.24) is 0 Å². The summed E-state index contributed by atoms with van der Waals surface area (Å²) in [6.45, 7) is 3.45. The van der Waals surface area contributed by atoms with Crippen molar-refractivity contribution in [2.24, 2.45) is 11.0 Å². The number of hydroxylamine groups is 1. The fourth-order valence-corrected chi connectivity index (χ4v) is 3.90. The smallest absolute Gasteiger partial charge is 0.322 e. The number of rotatable bonds is 11. The summed E-state index contributed by atoms with van der Waals surface area (Å²) in [5.41, 5.74) is 2.11. The molecule has 38 heavy (non-hydrogen) atoms. The Hall–Kier alpha value is -4.59. The van der Waals surface area contributed by atoms with Crippen molar-refractivity contribution in [3.8, 4) is 0 Å². The maximum atomic E-state index is 12.8. The van der Waals surface area contributed by atoms with Gasteiger partial charge in [0.15, 0.2) is 5.92 Å². The van der Waals surface area contributed by atoms with Crippen molar-refractivity contribution in [3.63, 3.8) is 0 Å². The standard InChI is InChI=1S/C24H27N5O9/c1-3-36-23(30)22(24(31)37-4-2)20-13-11-18(38-27(20)16-8-6-5-7-9-16)15-25-26-19-12-10-17(28(32)33)14-21(19)29(34)35/h5-10,12,14-15,18,20,22,26H,3-4,11,13H2,1-2H3/b25-15+/t18-,20-/m1/s1. The van der Waals surface area contributed by atoms with Crippen LogP contribution in [0.1, 0.15) is 26.7 Å². The number of benzene rings is 2. The number of esters is 2. The lowest BCUT2D eigenvalue weighted by atomic mass is 9.92. The van der Waals surface area contributed by atoms with E-state index in [9.17, 15) is 29.8 Å². The highest BCUT2D eigenvalue weighted by Crippen LogP contribution is 2.32. The molecule has 1 aliphatic rings. The first-order valence-corrected chi connectivity index (χ1v) is 11.8. The van der Waals surface area contributed by atoms with Crippen LogP contribution in [0.25, 0.3) is 0 Å². The van der Waals surface area contributed by atoms with E-state index in [1.807, 2.05) is 0 Å². The molecule has 2 aromatic carbocycles. The SMILES string of the molecule is CCOC(=O)C(C(=O)OCC)[C@H]1CC[C@H](/C=N/Nc2ccc([N+](=O)[O-])cc2[N+](=O)[O-])ON1c1ccccc1. The van der Waals surface area contributed by atoms with Crippen molar-refractivity contribution in [2.75, 3.05) is 23.7 Å². The van der Waals surface area contributed by atoms with Gasteiger partial charge in [0.25, 0.3) is 5.69 Å². The van der Waals surface area contributed by atoms with Gasteiger partial charge in [-0.05, 0) is 44.9 Å². The molecule has 1 aliphatic heterocycles. The van der Waals surface area contributed by atoms with Gasteiger partial charge < -0.3 is 9.47 Å². The van der Waals surface area contributed by atoms with Crippen LogP contribution in [-0.2, 0) is 23.9 Å². The Bertz CT molecular complexity index is 1170. The Kier molecular flexibility index (Phi) is 9.65. The summed E-state index contributed by atoms with van der Waals surface area (Å²) in [6, 6.07) is 11.2. The number of nitrogens with zero attached hydrogens (tertiary/aromatic N) is 4. The number of nitrogens with one attached hydrogen (secondary N) is 1. The number of hydrazone groups is 1. The summed E-state index contributed by atoms with van der Waals surface area (Å²) in [5.74, 6) is -2.70. The Balaban J connectivity index is 1.83. The molecule has 0 bridgehead atoms. The zero-order valence-electron chi connectivity index (χ0n) is 20.7. The molecule has 202 valence electrons. The summed E-state index contributed by atoms with van der Waals surface area (Å²) in [7, 11) is 0. The van der Waals surface area contributed by atoms with E-state index in [1.54, 1.807) is 44.2 Å². The molecule has 2 aromatic rings. The predicted molar refractivity (Wildman–Crippen MR) is 135 cm³/mol. The minimum Gasteiger partial charge on any atom is -0.465 e. The van der Waals surface area contributed by atoms with Crippen LogP contribution in [-0.4, -0.2) is 53.4 Å². The van der Waals surface area contributed by atoms with E-state index in [0.717, 1.165) is 12.1 Å². The largest absolute Gasteiger partial charge is 0.465 e. The lowest BCUT2D eigenvalue weighted by Crippen LogP contribution is -2.53. The first-order valence-electron chi connectivity index (χ1n) is 11.8. The molecule has 14 heteroatoms. The van der Waals surface area contributed by atoms with Crippen LogP contribution in [0.15, 0.2) is 53.6 Å². The summed E-state index contributed by atoms with van der Waals surface area (Å²) >= 11 is 0. The Morgan fingerprint density at radius 3 is 2.32 bits per heavy atom. The average Bonchev–Trinajstić information content (AvgIpc) is 2.90. The molecule has 1 saturated heterocycles. The van der Waals surface area contributed by atoms with Crippen LogP contribution >= 0.6 is 0 Å². The Morgan fingerprint density at radius 2 is 1.74 bits per heavy atom. The number of carbonyl (C=O) groups is 2. The maximum absolute atomic E-state index is 12.8. The number of non-ortho nitro benzene ring substituents is 1. The fraction of sp³-hybridized carbons (Fsp3) is 0.375. The van der Waals surface area contributed by atoms with Crippen LogP contribution in [0, 0.1) is 26.1 Å². The molecule has 3 rings (SSSR count). The van der Waals surface area contributed by atoms with E-state index in [-0.39, 0.29) is 18.9 Å². The molecule has 2 atom stereocenters. The first-order chi connectivity index (χ1) is 18.3. The quantitative estimate of drug-likeness (QED) is 0.148. The predicted octanol–water partition coefficient (Wildman–Crippen LogP) is 3.61. The van der Waals surface area contributed by atoms with Crippen molar-refractivity contribution in [2.45, 2.75) is 38.8 Å². The summed E-state index contributed by atoms with van der Waals surface area (Å²) in [6.07, 6.45) is 1.41. The number of hydrogen-bond donors (Lipinski definition) is 1. The number of nitro groups is 2. The van der Waals surface area contributed by atoms with Gasteiger partial charge in [0.2, 0.25) is 0 Å². The molecule has 0 saturated carbocycles. The molecule has 14 nitrogen and oxygen atoms in total. The summed E-state index contributed by atoms with van der Waals surface area (Å²) < 4.78 is 10.3. The van der Waals surface area contributed by atoms with Gasteiger partial charge in [0.05, 0.1) is 47.1 Å². The molecule has 0 spiro atoms. The lowest BCUT2D eigenvalue weighted by Gasteiger charge is -2.41. The number of anilines is 2. The van der Waals surface area contributed by atoms with E-state index >= 15 is 0 Å². The minimum atomic E-state index is -1.26. The van der Waals surface area contributed by atoms with Crippen LogP contribution in [0.3, 0.4) is 0 Å². The Morgan fingerprint density at radius 1 is 1.08 bits per heavy atom. The molecule has 1 fully saturated rings. The van der Waals surface area contributed by atoms with Gasteiger partial charge >= 0.3 is 17.6 Å². The number of nitro benzene ring substituents is 2. The third-order valence-corrected chi connectivity index (χ3v) is 5.59. The lowest BCUT2D eigenvalue weighted by molar-refractivity contribution is -0.393. The van der Waals surface area contributed by atoms with Gasteiger partial charge in [-0.25, -0.2) is 5.06 Å². The minimum absolute atomic E-state index is 0.0462. The van der Waals surface area contributed by atoms with Crippen LogP contribution < -0.4 is 10.5 Å². The van der Waals surface area contributed by atoms with E-state index in [1.165, 1.54) is 17.3 Å². The highest BCUT2D eigenvalue weighted by Gasteiger charge is 2.44. The monoisotopic (exact) mass is 529 g/mol. The molecular weight excluding hydrogens is 502 g/mol. The second kappa shape index (κ2) is 13.1. The summed E-state index contributed by atoms with van der Waals surface area (Å²) in [4.78, 5) is 52.4. The first kappa shape index (κ1) is 28.0. The van der Waals surface area contributed by atoms with Gasteiger partial charge in [0, 0.05) is 6.07 Å². The van der Waals surface area contributed by atoms with Crippen molar-refractivity contribution < 1.29 is 33.7 Å². The molecular formula is C24H27N5O9. The number of hydrogen-bond acceptors (Lipinski definition) is 12. The van der Waals surface area contributed by atoms with E-state index in [4.69, 9.17) is 14.3 Å². The van der Waals surface area contributed by atoms with Crippen molar-refractivity contribution in [1.29, 1.82) is 0 Å².